The first-order chi connectivity index (χ1) is 15.4. The van der Waals surface area contributed by atoms with Crippen LogP contribution in [0.3, 0.4) is 0 Å². The number of benzene rings is 2. The van der Waals surface area contributed by atoms with Gasteiger partial charge < -0.3 is 14.8 Å². The fourth-order valence-corrected chi connectivity index (χ4v) is 3.41. The molecule has 4 rings (SSSR count). The van der Waals surface area contributed by atoms with Crippen molar-refractivity contribution < 1.29 is 23.0 Å². The van der Waals surface area contributed by atoms with Crippen LogP contribution >= 0.6 is 0 Å². The first-order valence-corrected chi connectivity index (χ1v) is 9.88. The van der Waals surface area contributed by atoms with Crippen LogP contribution in [-0.4, -0.2) is 22.4 Å². The zero-order chi connectivity index (χ0) is 22.8. The van der Waals surface area contributed by atoms with Crippen LogP contribution in [0.15, 0.2) is 54.7 Å². The molecule has 4 aromatic rings. The Balaban J connectivity index is 1.64. The number of amides is 1. The van der Waals surface area contributed by atoms with Gasteiger partial charge in [0.1, 0.15) is 29.7 Å². The lowest BCUT2D eigenvalue weighted by atomic mass is 10.2. The Kier molecular flexibility index (Phi) is 5.77. The van der Waals surface area contributed by atoms with E-state index in [4.69, 9.17) is 9.47 Å². The number of carbonyl (C=O) groups is 1. The summed E-state index contributed by atoms with van der Waals surface area (Å²) in [6.07, 6.45) is 1.68. The zero-order valence-corrected chi connectivity index (χ0v) is 17.8. The van der Waals surface area contributed by atoms with Crippen molar-refractivity contribution in [1.82, 2.24) is 9.38 Å². The van der Waals surface area contributed by atoms with Crippen molar-refractivity contribution in [2.75, 3.05) is 12.4 Å². The van der Waals surface area contributed by atoms with Crippen LogP contribution in [0.1, 0.15) is 27.3 Å². The molecule has 2 aromatic carbocycles. The third-order valence-electron chi connectivity index (χ3n) is 5.13. The summed E-state index contributed by atoms with van der Waals surface area (Å²) < 4.78 is 40.4. The molecule has 0 saturated carbocycles. The minimum atomic E-state index is -0.690. The Hall–Kier alpha value is -3.94. The van der Waals surface area contributed by atoms with Gasteiger partial charge in [-0.1, -0.05) is 12.1 Å². The van der Waals surface area contributed by atoms with Gasteiger partial charge in [-0.25, -0.2) is 13.8 Å². The van der Waals surface area contributed by atoms with Gasteiger partial charge in [0.15, 0.2) is 11.4 Å². The Bertz CT molecular complexity index is 1300. The number of nitrogens with zero attached hydrogens (tertiary/aromatic N) is 2. The number of nitrogens with one attached hydrogen (secondary N) is 1. The van der Waals surface area contributed by atoms with E-state index in [0.29, 0.717) is 34.2 Å². The fraction of sp³-hybridized carbons (Fsp3) is 0.167. The molecule has 0 saturated heterocycles. The predicted molar refractivity (Wildman–Crippen MR) is 116 cm³/mol. The van der Waals surface area contributed by atoms with Gasteiger partial charge in [-0.2, -0.15) is 0 Å². The van der Waals surface area contributed by atoms with E-state index in [2.05, 4.69) is 10.3 Å². The summed E-state index contributed by atoms with van der Waals surface area (Å²) in [7, 11) is 1.56. The first-order valence-electron chi connectivity index (χ1n) is 9.88. The maximum absolute atomic E-state index is 13.9. The highest BCUT2D eigenvalue weighted by atomic mass is 19.1. The minimum absolute atomic E-state index is 0.177. The zero-order valence-electron chi connectivity index (χ0n) is 17.8. The number of ether oxygens (including phenoxy) is 2. The van der Waals surface area contributed by atoms with Gasteiger partial charge >= 0.3 is 0 Å². The van der Waals surface area contributed by atoms with Crippen molar-refractivity contribution in [1.29, 1.82) is 0 Å². The van der Waals surface area contributed by atoms with Crippen molar-refractivity contribution in [3.05, 3.63) is 88.9 Å². The lowest BCUT2D eigenvalue weighted by Crippen LogP contribution is -2.16. The van der Waals surface area contributed by atoms with E-state index < -0.39 is 11.6 Å². The average Bonchev–Trinajstić information content (AvgIpc) is 3.11. The summed E-state index contributed by atoms with van der Waals surface area (Å²) in [5.41, 5.74) is 2.49. The number of carbonyl (C=O) groups excluding carboxylic acids is 1. The van der Waals surface area contributed by atoms with Crippen LogP contribution in [0.5, 0.6) is 11.5 Å². The molecule has 2 heterocycles. The topological polar surface area (TPSA) is 64.9 Å². The second-order valence-electron chi connectivity index (χ2n) is 7.24. The maximum atomic E-state index is 13.9. The summed E-state index contributed by atoms with van der Waals surface area (Å²) in [6.45, 7) is 3.28. The molecular formula is C24H21F2N3O3. The Morgan fingerprint density at radius 3 is 2.56 bits per heavy atom. The first kappa shape index (κ1) is 21.3. The Morgan fingerprint density at radius 1 is 1.09 bits per heavy atom. The molecule has 0 aliphatic rings. The van der Waals surface area contributed by atoms with E-state index in [1.807, 2.05) is 19.1 Å². The molecule has 1 amide bonds. The van der Waals surface area contributed by atoms with Crippen molar-refractivity contribution in [2.45, 2.75) is 20.5 Å². The third kappa shape index (κ3) is 3.99. The normalized spacial score (nSPS) is 10.9. The number of halogens is 2. The van der Waals surface area contributed by atoms with Gasteiger partial charge in [0.2, 0.25) is 0 Å². The number of anilines is 1. The van der Waals surface area contributed by atoms with Crippen LogP contribution in [-0.2, 0) is 6.61 Å². The number of hydrogen-bond donors (Lipinski definition) is 1. The Morgan fingerprint density at radius 2 is 1.84 bits per heavy atom. The van der Waals surface area contributed by atoms with Gasteiger partial charge in [-0.3, -0.25) is 9.20 Å². The number of methoxy groups -OCH3 is 1. The SMILES string of the molecule is COc1ccc(C)c(NC(=O)c2c(C)nc3c(OCc4c(F)cccc4F)cccn23)c1. The molecule has 0 aliphatic carbocycles. The summed E-state index contributed by atoms with van der Waals surface area (Å²) in [5.74, 6) is -0.814. The standard InChI is InChI=1S/C24H21F2N3O3/c1-14-9-10-16(31-3)12-20(14)28-24(30)22-15(2)27-23-21(8-5-11-29(22)23)32-13-17-18(25)6-4-7-19(17)26/h4-12H,13H2,1-3H3,(H,28,30). The smallest absolute Gasteiger partial charge is 0.274 e. The van der Waals surface area contributed by atoms with Gasteiger partial charge in [-0.15, -0.1) is 0 Å². The maximum Gasteiger partial charge on any atom is 0.274 e. The number of aryl methyl sites for hydroxylation is 2. The van der Waals surface area contributed by atoms with Gasteiger partial charge in [0, 0.05) is 18.0 Å². The fourth-order valence-electron chi connectivity index (χ4n) is 3.41. The largest absolute Gasteiger partial charge is 0.497 e. The predicted octanol–water partition coefficient (Wildman–Crippen LogP) is 5.07. The minimum Gasteiger partial charge on any atom is -0.497 e. The number of aromatic nitrogens is 2. The van der Waals surface area contributed by atoms with Gasteiger partial charge in [0.25, 0.3) is 5.91 Å². The molecule has 0 bridgehead atoms. The molecular weight excluding hydrogens is 416 g/mol. The molecule has 164 valence electrons. The molecule has 0 atom stereocenters. The number of rotatable bonds is 6. The van der Waals surface area contributed by atoms with E-state index in [9.17, 15) is 13.6 Å². The highest BCUT2D eigenvalue weighted by molar-refractivity contribution is 6.05. The van der Waals surface area contributed by atoms with Crippen molar-refractivity contribution in [3.63, 3.8) is 0 Å². The van der Waals surface area contributed by atoms with Crippen LogP contribution in [0.25, 0.3) is 5.65 Å². The molecule has 2 aromatic heterocycles. The molecule has 8 heteroatoms. The lowest BCUT2D eigenvalue weighted by Gasteiger charge is -2.11. The van der Waals surface area contributed by atoms with Crippen LogP contribution in [0, 0.1) is 25.5 Å². The molecule has 0 aliphatic heterocycles. The van der Waals surface area contributed by atoms with Crippen molar-refractivity contribution >= 4 is 17.2 Å². The van der Waals surface area contributed by atoms with E-state index in [1.54, 1.807) is 42.8 Å². The monoisotopic (exact) mass is 437 g/mol. The van der Waals surface area contributed by atoms with E-state index in [-0.39, 0.29) is 18.1 Å². The molecule has 1 N–H and O–H groups in total. The second kappa shape index (κ2) is 8.66. The summed E-state index contributed by atoms with van der Waals surface area (Å²) in [6, 6.07) is 12.3. The molecule has 0 spiro atoms. The second-order valence-corrected chi connectivity index (χ2v) is 7.24. The average molecular weight is 437 g/mol. The molecule has 0 unspecified atom stereocenters. The highest BCUT2D eigenvalue weighted by Crippen LogP contribution is 2.26. The lowest BCUT2D eigenvalue weighted by molar-refractivity contribution is 0.102. The molecule has 0 fully saturated rings. The van der Waals surface area contributed by atoms with E-state index in [0.717, 1.165) is 5.56 Å². The molecule has 6 nitrogen and oxygen atoms in total. The van der Waals surface area contributed by atoms with E-state index >= 15 is 0 Å². The van der Waals surface area contributed by atoms with Crippen LogP contribution in [0.4, 0.5) is 14.5 Å². The molecule has 32 heavy (non-hydrogen) atoms. The highest BCUT2D eigenvalue weighted by Gasteiger charge is 2.20. The number of hydrogen-bond acceptors (Lipinski definition) is 4. The van der Waals surface area contributed by atoms with Crippen LogP contribution < -0.4 is 14.8 Å². The van der Waals surface area contributed by atoms with Crippen molar-refractivity contribution in [2.24, 2.45) is 0 Å². The summed E-state index contributed by atoms with van der Waals surface area (Å²) >= 11 is 0. The van der Waals surface area contributed by atoms with E-state index in [1.165, 1.54) is 18.2 Å². The summed E-state index contributed by atoms with van der Waals surface area (Å²) in [5, 5.41) is 2.89. The van der Waals surface area contributed by atoms with Gasteiger partial charge in [0.05, 0.1) is 18.4 Å². The number of imidazole rings is 1. The Labute approximate surface area is 183 Å². The third-order valence-corrected chi connectivity index (χ3v) is 5.13. The quantitative estimate of drug-likeness (QED) is 0.458. The summed E-state index contributed by atoms with van der Waals surface area (Å²) in [4.78, 5) is 17.5. The molecule has 0 radical (unpaired) electrons. The number of pyridine rings is 1. The number of fused-ring (bicyclic) bond motifs is 1. The van der Waals surface area contributed by atoms with Crippen LogP contribution in [0.2, 0.25) is 0 Å². The van der Waals surface area contributed by atoms with Gasteiger partial charge in [-0.05, 0) is 49.7 Å². The van der Waals surface area contributed by atoms with Crippen molar-refractivity contribution in [3.8, 4) is 11.5 Å².